The number of rotatable bonds is 1. The maximum atomic E-state index is 10.1. The van der Waals surface area contributed by atoms with Crippen molar-refractivity contribution in [1.29, 1.82) is 0 Å². The van der Waals surface area contributed by atoms with Gasteiger partial charge in [0.2, 0.25) is 0 Å². The van der Waals surface area contributed by atoms with Gasteiger partial charge >= 0.3 is 0 Å². The molecule has 22 heavy (non-hydrogen) atoms. The van der Waals surface area contributed by atoms with Crippen molar-refractivity contribution in [3.63, 3.8) is 0 Å². The molecule has 1 aliphatic carbocycles. The molecule has 0 unspecified atom stereocenters. The van der Waals surface area contributed by atoms with Gasteiger partial charge in [0.1, 0.15) is 5.75 Å². The van der Waals surface area contributed by atoms with Crippen LogP contribution in [0.4, 0.5) is 5.69 Å². The predicted molar refractivity (Wildman–Crippen MR) is 90.7 cm³/mol. The van der Waals surface area contributed by atoms with Gasteiger partial charge in [-0.05, 0) is 60.1 Å². The van der Waals surface area contributed by atoms with Gasteiger partial charge in [0, 0.05) is 5.70 Å². The first-order chi connectivity index (χ1) is 10.8. The lowest BCUT2D eigenvalue weighted by Gasteiger charge is -2.30. The van der Waals surface area contributed by atoms with Crippen LogP contribution in [-0.2, 0) is 6.42 Å². The second-order valence-electron chi connectivity index (χ2n) is 6.03. The highest BCUT2D eigenvalue weighted by molar-refractivity contribution is 5.73. The van der Waals surface area contributed by atoms with E-state index in [1.165, 1.54) is 34.4 Å². The molecule has 0 radical (unpaired) electrons. The van der Waals surface area contributed by atoms with Crippen molar-refractivity contribution in [3.8, 4) is 5.75 Å². The second kappa shape index (κ2) is 5.38. The quantitative estimate of drug-likeness (QED) is 0.733. The third-order valence-corrected chi connectivity index (χ3v) is 4.52. The fourth-order valence-corrected chi connectivity index (χ4v) is 3.44. The van der Waals surface area contributed by atoms with E-state index < -0.39 is 0 Å². The van der Waals surface area contributed by atoms with E-state index in [2.05, 4.69) is 41.7 Å². The average molecular weight is 289 g/mol. The van der Waals surface area contributed by atoms with Gasteiger partial charge < -0.3 is 10.4 Å². The van der Waals surface area contributed by atoms with Gasteiger partial charge in [0.15, 0.2) is 0 Å². The molecule has 2 aliphatic rings. The highest BCUT2D eigenvalue weighted by Crippen LogP contribution is 2.41. The lowest BCUT2D eigenvalue weighted by molar-refractivity contribution is 0.476. The van der Waals surface area contributed by atoms with Crippen LogP contribution < -0.4 is 5.32 Å². The number of allylic oxidation sites excluding steroid dienone is 2. The summed E-state index contributed by atoms with van der Waals surface area (Å²) in [6.45, 7) is 0. The number of benzene rings is 2. The van der Waals surface area contributed by atoms with E-state index in [1.807, 2.05) is 12.1 Å². The molecule has 2 nitrogen and oxygen atoms in total. The molecule has 110 valence electrons. The lowest BCUT2D eigenvalue weighted by Crippen LogP contribution is -2.18. The number of nitrogens with one attached hydrogen (secondary N) is 1. The van der Waals surface area contributed by atoms with E-state index in [9.17, 15) is 5.11 Å². The lowest BCUT2D eigenvalue weighted by atomic mass is 9.84. The zero-order valence-corrected chi connectivity index (χ0v) is 12.5. The fraction of sp³-hybridized carbons (Fsp3) is 0.200. The summed E-state index contributed by atoms with van der Waals surface area (Å²) in [6.07, 6.45) is 6.64. The maximum Gasteiger partial charge on any atom is 0.139 e. The van der Waals surface area contributed by atoms with Crippen molar-refractivity contribution in [2.24, 2.45) is 0 Å². The number of aromatic hydroxyl groups is 1. The van der Waals surface area contributed by atoms with E-state index in [-0.39, 0.29) is 0 Å². The van der Waals surface area contributed by atoms with Gasteiger partial charge in [-0.15, -0.1) is 0 Å². The summed E-state index contributed by atoms with van der Waals surface area (Å²) in [7, 11) is 0. The molecule has 0 aromatic heterocycles. The standard InChI is InChI=1S/C20H19NO/c22-18-11-5-10-17-13-16-9-4-8-15(19(16)21-20(17)18)12-14-6-2-1-3-7-14/h1-3,5-7,10-12,21-22H,4,8-9,13H2/b15-12+. The van der Waals surface area contributed by atoms with Crippen molar-refractivity contribution >= 4 is 11.8 Å². The Kier molecular flexibility index (Phi) is 3.23. The van der Waals surface area contributed by atoms with E-state index in [4.69, 9.17) is 0 Å². The minimum Gasteiger partial charge on any atom is -0.506 e. The average Bonchev–Trinajstić information content (AvgIpc) is 2.55. The topological polar surface area (TPSA) is 32.3 Å². The van der Waals surface area contributed by atoms with Crippen LogP contribution in [0.5, 0.6) is 5.75 Å². The monoisotopic (exact) mass is 289 g/mol. The predicted octanol–water partition coefficient (Wildman–Crippen LogP) is 4.88. The van der Waals surface area contributed by atoms with Crippen LogP contribution in [0.3, 0.4) is 0 Å². The Morgan fingerprint density at radius 3 is 2.68 bits per heavy atom. The first-order valence-corrected chi connectivity index (χ1v) is 7.87. The Morgan fingerprint density at radius 1 is 0.955 bits per heavy atom. The molecule has 0 saturated carbocycles. The van der Waals surface area contributed by atoms with Crippen LogP contribution in [0.15, 0.2) is 65.4 Å². The summed E-state index contributed by atoms with van der Waals surface area (Å²) in [6, 6.07) is 16.2. The molecular weight excluding hydrogens is 270 g/mol. The van der Waals surface area contributed by atoms with Gasteiger partial charge in [-0.2, -0.15) is 0 Å². The van der Waals surface area contributed by atoms with Gasteiger partial charge in [-0.1, -0.05) is 42.5 Å². The molecule has 0 fully saturated rings. The van der Waals surface area contributed by atoms with Crippen LogP contribution in [-0.4, -0.2) is 5.11 Å². The molecule has 0 amide bonds. The van der Waals surface area contributed by atoms with Crippen LogP contribution >= 0.6 is 0 Å². The normalized spacial score (nSPS) is 18.6. The van der Waals surface area contributed by atoms with Crippen LogP contribution in [0, 0.1) is 0 Å². The van der Waals surface area contributed by atoms with Crippen molar-refractivity contribution < 1.29 is 5.11 Å². The molecule has 2 N–H and O–H groups in total. The second-order valence-corrected chi connectivity index (χ2v) is 6.03. The Morgan fingerprint density at radius 2 is 1.82 bits per heavy atom. The number of hydrogen-bond acceptors (Lipinski definition) is 2. The SMILES string of the molecule is Oc1cccc2c1NC1=C(CCC/C1=C\c1ccccc1)C2. The maximum absolute atomic E-state index is 10.1. The number of fused-ring (bicyclic) bond motifs is 1. The van der Waals surface area contributed by atoms with Gasteiger partial charge in [0.05, 0.1) is 5.69 Å². The van der Waals surface area contributed by atoms with E-state index in [1.54, 1.807) is 6.07 Å². The Hall–Kier alpha value is -2.48. The minimum absolute atomic E-state index is 0.341. The number of anilines is 1. The summed E-state index contributed by atoms with van der Waals surface area (Å²) >= 11 is 0. The van der Waals surface area contributed by atoms with Gasteiger partial charge in [0.25, 0.3) is 0 Å². The Balaban J connectivity index is 1.75. The summed E-state index contributed by atoms with van der Waals surface area (Å²) in [5.74, 6) is 0.341. The molecule has 2 heteroatoms. The first-order valence-electron chi connectivity index (χ1n) is 7.87. The molecular formula is C20H19NO. The van der Waals surface area contributed by atoms with Gasteiger partial charge in [-0.25, -0.2) is 0 Å². The fourth-order valence-electron chi connectivity index (χ4n) is 3.44. The molecule has 0 spiro atoms. The van der Waals surface area contributed by atoms with Gasteiger partial charge in [-0.3, -0.25) is 0 Å². The molecule has 1 heterocycles. The first kappa shape index (κ1) is 13.2. The molecule has 2 aromatic carbocycles. The molecule has 0 saturated heterocycles. The Bertz CT molecular complexity index is 772. The number of phenols is 1. The third kappa shape index (κ3) is 2.31. The zero-order chi connectivity index (χ0) is 14.9. The van der Waals surface area contributed by atoms with E-state index in [0.29, 0.717) is 5.75 Å². The van der Waals surface area contributed by atoms with Crippen LogP contribution in [0.2, 0.25) is 0 Å². The van der Waals surface area contributed by atoms with Crippen molar-refractivity contribution in [2.75, 3.05) is 5.32 Å². The van der Waals surface area contributed by atoms with E-state index in [0.717, 1.165) is 24.9 Å². The highest BCUT2D eigenvalue weighted by atomic mass is 16.3. The third-order valence-electron chi connectivity index (χ3n) is 4.52. The highest BCUT2D eigenvalue weighted by Gasteiger charge is 2.24. The molecule has 4 rings (SSSR count). The summed E-state index contributed by atoms with van der Waals surface area (Å²) in [5.41, 5.74) is 7.34. The number of hydrogen-bond donors (Lipinski definition) is 2. The molecule has 0 atom stereocenters. The van der Waals surface area contributed by atoms with Crippen molar-refractivity contribution in [1.82, 2.24) is 0 Å². The molecule has 0 bridgehead atoms. The van der Waals surface area contributed by atoms with Crippen molar-refractivity contribution in [2.45, 2.75) is 25.7 Å². The minimum atomic E-state index is 0.341. The number of phenolic OH excluding ortho intramolecular Hbond substituents is 1. The summed E-state index contributed by atoms with van der Waals surface area (Å²) in [4.78, 5) is 0. The summed E-state index contributed by atoms with van der Waals surface area (Å²) in [5, 5.41) is 13.6. The number of para-hydroxylation sites is 1. The Labute approximate surface area is 130 Å². The van der Waals surface area contributed by atoms with Crippen LogP contribution in [0.25, 0.3) is 6.08 Å². The van der Waals surface area contributed by atoms with Crippen molar-refractivity contribution in [3.05, 3.63) is 76.5 Å². The van der Waals surface area contributed by atoms with Crippen LogP contribution in [0.1, 0.15) is 30.4 Å². The zero-order valence-electron chi connectivity index (χ0n) is 12.5. The van der Waals surface area contributed by atoms with E-state index >= 15 is 0 Å². The summed E-state index contributed by atoms with van der Waals surface area (Å²) < 4.78 is 0. The molecule has 2 aromatic rings. The largest absolute Gasteiger partial charge is 0.506 e. The smallest absolute Gasteiger partial charge is 0.139 e. The molecule has 1 aliphatic heterocycles.